The van der Waals surface area contributed by atoms with E-state index in [0.717, 1.165) is 5.56 Å². The normalized spacial score (nSPS) is 21.0. The van der Waals surface area contributed by atoms with Crippen molar-refractivity contribution >= 4 is 18.0 Å². The van der Waals surface area contributed by atoms with Crippen LogP contribution in [0.4, 0.5) is 0 Å². The van der Waals surface area contributed by atoms with Crippen molar-refractivity contribution in [3.63, 3.8) is 0 Å². The number of carbonyl (C=O) groups excluding carboxylic acids is 2. The van der Waals surface area contributed by atoms with Gasteiger partial charge in [-0.15, -0.1) is 0 Å². The number of rotatable bonds is 2. The second kappa shape index (κ2) is 5.48. The molecule has 0 unspecified atom stereocenters. The minimum atomic E-state index is -1.40. The second-order valence-electron chi connectivity index (χ2n) is 5.06. The summed E-state index contributed by atoms with van der Waals surface area (Å²) in [5, 5.41) is 0. The van der Waals surface area contributed by atoms with Gasteiger partial charge >= 0.3 is 11.9 Å². The first kappa shape index (κ1) is 14.1. The van der Waals surface area contributed by atoms with E-state index in [2.05, 4.69) is 0 Å². The highest BCUT2D eigenvalue weighted by Gasteiger charge is 2.43. The highest BCUT2D eigenvalue weighted by Crippen LogP contribution is 2.33. The lowest BCUT2D eigenvalue weighted by Crippen LogP contribution is -2.42. The maximum atomic E-state index is 12.2. The average Bonchev–Trinajstić information content (AvgIpc) is 2.53. The average molecular weight is 294 g/mol. The molecule has 0 radical (unpaired) electrons. The van der Waals surface area contributed by atoms with Gasteiger partial charge in [-0.1, -0.05) is 60.7 Å². The fourth-order valence-electron chi connectivity index (χ4n) is 2.26. The Balaban J connectivity index is 1.91. The molecule has 1 fully saturated rings. The van der Waals surface area contributed by atoms with Gasteiger partial charge in [0.15, 0.2) is 0 Å². The number of ether oxygens (including phenoxy) is 2. The summed E-state index contributed by atoms with van der Waals surface area (Å²) < 4.78 is 10.7. The molecule has 4 nitrogen and oxygen atoms in total. The number of esters is 2. The number of hydrogen-bond donors (Lipinski definition) is 0. The monoisotopic (exact) mass is 294 g/mol. The summed E-state index contributed by atoms with van der Waals surface area (Å²) in [6, 6.07) is 18.0. The third kappa shape index (κ3) is 2.63. The maximum absolute atomic E-state index is 12.2. The summed E-state index contributed by atoms with van der Waals surface area (Å²) in [4.78, 5) is 24.4. The second-order valence-corrected chi connectivity index (χ2v) is 5.06. The Morgan fingerprint density at radius 1 is 0.818 bits per heavy atom. The van der Waals surface area contributed by atoms with Crippen molar-refractivity contribution in [2.45, 2.75) is 12.7 Å². The van der Waals surface area contributed by atoms with Crippen LogP contribution in [0.2, 0.25) is 0 Å². The van der Waals surface area contributed by atoms with E-state index in [4.69, 9.17) is 9.47 Å². The molecule has 0 amide bonds. The Labute approximate surface area is 128 Å². The lowest BCUT2D eigenvalue weighted by Gasteiger charge is -2.33. The zero-order valence-corrected chi connectivity index (χ0v) is 12.0. The molecule has 2 aromatic carbocycles. The predicted octanol–water partition coefficient (Wildman–Crippen LogP) is 3.04. The first-order valence-corrected chi connectivity index (χ1v) is 6.87. The predicted molar refractivity (Wildman–Crippen MR) is 80.4 cm³/mol. The molecule has 1 aliphatic heterocycles. The summed E-state index contributed by atoms with van der Waals surface area (Å²) in [5.74, 6) is -2.78. The van der Waals surface area contributed by atoms with Gasteiger partial charge in [-0.05, 0) is 11.6 Å². The molecule has 0 bridgehead atoms. The molecule has 3 rings (SSSR count). The SMILES string of the molecule is CC1(c2ccccc2)OC(=O)C(=Cc2ccccc2)C(=O)O1. The van der Waals surface area contributed by atoms with Crippen LogP contribution in [0, 0.1) is 0 Å². The Bertz CT molecular complexity index is 712. The Morgan fingerprint density at radius 3 is 1.86 bits per heavy atom. The summed E-state index contributed by atoms with van der Waals surface area (Å²) in [6.07, 6.45) is 1.47. The van der Waals surface area contributed by atoms with Crippen molar-refractivity contribution in [2.24, 2.45) is 0 Å². The van der Waals surface area contributed by atoms with Gasteiger partial charge in [0.1, 0.15) is 5.57 Å². The van der Waals surface area contributed by atoms with Gasteiger partial charge in [0, 0.05) is 12.5 Å². The fraction of sp³-hybridized carbons (Fsp3) is 0.111. The van der Waals surface area contributed by atoms with Gasteiger partial charge in [-0.2, -0.15) is 0 Å². The quantitative estimate of drug-likeness (QED) is 0.485. The van der Waals surface area contributed by atoms with Crippen LogP contribution in [-0.4, -0.2) is 11.9 Å². The molecule has 0 N–H and O–H groups in total. The molecule has 1 heterocycles. The Kier molecular flexibility index (Phi) is 3.51. The van der Waals surface area contributed by atoms with Crippen molar-refractivity contribution in [1.29, 1.82) is 0 Å². The summed E-state index contributed by atoms with van der Waals surface area (Å²) in [5.41, 5.74) is 1.23. The van der Waals surface area contributed by atoms with Crippen LogP contribution in [0.15, 0.2) is 66.2 Å². The number of hydrogen-bond acceptors (Lipinski definition) is 4. The van der Waals surface area contributed by atoms with Crippen LogP contribution >= 0.6 is 0 Å². The van der Waals surface area contributed by atoms with Crippen molar-refractivity contribution in [3.8, 4) is 0 Å². The molecule has 1 saturated heterocycles. The molecule has 0 aliphatic carbocycles. The first-order valence-electron chi connectivity index (χ1n) is 6.87. The highest BCUT2D eigenvalue weighted by molar-refractivity contribution is 6.18. The molecule has 1 aliphatic rings. The topological polar surface area (TPSA) is 52.6 Å². The van der Waals surface area contributed by atoms with Gasteiger partial charge in [-0.3, -0.25) is 0 Å². The molecular weight excluding hydrogens is 280 g/mol. The third-order valence-electron chi connectivity index (χ3n) is 3.42. The largest absolute Gasteiger partial charge is 0.414 e. The van der Waals surface area contributed by atoms with E-state index in [0.29, 0.717) is 5.56 Å². The zero-order valence-electron chi connectivity index (χ0n) is 12.0. The van der Waals surface area contributed by atoms with Crippen molar-refractivity contribution < 1.29 is 19.1 Å². The van der Waals surface area contributed by atoms with E-state index in [1.165, 1.54) is 6.08 Å². The molecule has 0 spiro atoms. The molecule has 0 saturated carbocycles. The van der Waals surface area contributed by atoms with Crippen LogP contribution in [0.25, 0.3) is 6.08 Å². The van der Waals surface area contributed by atoms with Crippen LogP contribution in [0.3, 0.4) is 0 Å². The Morgan fingerprint density at radius 2 is 1.32 bits per heavy atom. The van der Waals surface area contributed by atoms with Gasteiger partial charge < -0.3 is 9.47 Å². The molecule has 0 aromatic heterocycles. The van der Waals surface area contributed by atoms with Crippen molar-refractivity contribution in [2.75, 3.05) is 0 Å². The van der Waals surface area contributed by atoms with E-state index in [1.54, 1.807) is 43.3 Å². The lowest BCUT2D eigenvalue weighted by molar-refractivity contribution is -0.233. The molecule has 0 atom stereocenters. The molecule has 110 valence electrons. The summed E-state index contributed by atoms with van der Waals surface area (Å²) >= 11 is 0. The maximum Gasteiger partial charge on any atom is 0.349 e. The van der Waals surface area contributed by atoms with E-state index in [9.17, 15) is 9.59 Å². The van der Waals surface area contributed by atoms with Gasteiger partial charge in [-0.25, -0.2) is 9.59 Å². The van der Waals surface area contributed by atoms with Crippen LogP contribution in [-0.2, 0) is 24.8 Å². The first-order chi connectivity index (χ1) is 10.6. The zero-order chi connectivity index (χ0) is 15.6. The number of cyclic esters (lactones) is 2. The number of carbonyl (C=O) groups is 2. The molecule has 2 aromatic rings. The van der Waals surface area contributed by atoms with Crippen molar-refractivity contribution in [1.82, 2.24) is 0 Å². The summed E-state index contributed by atoms with van der Waals surface area (Å²) in [7, 11) is 0. The van der Waals surface area contributed by atoms with Gasteiger partial charge in [0.25, 0.3) is 5.79 Å². The molecular formula is C18H14O4. The lowest BCUT2D eigenvalue weighted by atomic mass is 10.0. The number of benzene rings is 2. The van der Waals surface area contributed by atoms with E-state index in [-0.39, 0.29) is 5.57 Å². The minimum Gasteiger partial charge on any atom is -0.414 e. The van der Waals surface area contributed by atoms with Crippen LogP contribution < -0.4 is 0 Å². The smallest absolute Gasteiger partial charge is 0.349 e. The van der Waals surface area contributed by atoms with Gasteiger partial charge in [0.05, 0.1) is 0 Å². The highest BCUT2D eigenvalue weighted by atomic mass is 16.7. The minimum absolute atomic E-state index is 0.111. The van der Waals surface area contributed by atoms with Crippen molar-refractivity contribution in [3.05, 3.63) is 77.4 Å². The molecule has 4 heteroatoms. The van der Waals surface area contributed by atoms with Gasteiger partial charge in [0.2, 0.25) is 0 Å². The van der Waals surface area contributed by atoms with E-state index < -0.39 is 17.7 Å². The summed E-state index contributed by atoms with van der Waals surface area (Å²) in [6.45, 7) is 1.55. The molecule has 22 heavy (non-hydrogen) atoms. The third-order valence-corrected chi connectivity index (χ3v) is 3.42. The Hall–Kier alpha value is -2.88. The van der Waals surface area contributed by atoms with E-state index >= 15 is 0 Å². The van der Waals surface area contributed by atoms with E-state index in [1.807, 2.05) is 24.3 Å². The van der Waals surface area contributed by atoms with Crippen LogP contribution in [0.1, 0.15) is 18.1 Å². The van der Waals surface area contributed by atoms with Crippen LogP contribution in [0.5, 0.6) is 0 Å². The standard InChI is InChI=1S/C18H14O4/c1-18(14-10-6-3-7-11-14)21-16(19)15(17(20)22-18)12-13-8-4-2-5-9-13/h2-12H,1H3. The fourth-order valence-corrected chi connectivity index (χ4v) is 2.26.